The van der Waals surface area contributed by atoms with Crippen LogP contribution in [0.5, 0.6) is 5.75 Å². The monoisotopic (exact) mass is 348 g/mol. The van der Waals surface area contributed by atoms with Crippen molar-refractivity contribution in [1.29, 1.82) is 0 Å². The van der Waals surface area contributed by atoms with Crippen molar-refractivity contribution in [3.8, 4) is 5.75 Å². The van der Waals surface area contributed by atoms with Gasteiger partial charge in [0.25, 0.3) is 0 Å². The Morgan fingerprint density at radius 1 is 0.720 bits per heavy atom. The number of hydrogen-bond donors (Lipinski definition) is 0. The van der Waals surface area contributed by atoms with Crippen molar-refractivity contribution in [1.82, 2.24) is 0 Å². The van der Waals surface area contributed by atoms with E-state index < -0.39 is 0 Å². The van der Waals surface area contributed by atoms with Crippen LogP contribution in [0.2, 0.25) is 0 Å². The highest BCUT2D eigenvalue weighted by atomic mass is 16.5. The fourth-order valence-corrected chi connectivity index (χ4v) is 3.18. The zero-order valence-corrected chi connectivity index (χ0v) is 17.4. The Bertz CT molecular complexity index is 424. The molecule has 0 amide bonds. The van der Waals surface area contributed by atoms with Gasteiger partial charge in [-0.25, -0.2) is 0 Å². The van der Waals surface area contributed by atoms with Gasteiger partial charge in [0.05, 0.1) is 20.6 Å². The van der Waals surface area contributed by atoms with Crippen molar-refractivity contribution in [3.63, 3.8) is 0 Å². The highest BCUT2D eigenvalue weighted by Gasteiger charge is 2.14. The molecule has 0 N–H and O–H groups in total. The molecule has 0 spiro atoms. The van der Waals surface area contributed by atoms with E-state index >= 15 is 0 Å². The molecule has 0 fully saturated rings. The number of rotatable bonds is 15. The zero-order valence-electron chi connectivity index (χ0n) is 17.4. The van der Waals surface area contributed by atoms with Gasteiger partial charge in [-0.05, 0) is 31.9 Å². The molecule has 0 saturated carbocycles. The minimum atomic E-state index is 0.799. The molecule has 0 unspecified atom stereocenters. The molecule has 0 aliphatic rings. The molecule has 0 radical (unpaired) electrons. The van der Waals surface area contributed by atoms with Crippen LogP contribution < -0.4 is 4.74 Å². The fourth-order valence-electron chi connectivity index (χ4n) is 3.18. The van der Waals surface area contributed by atoms with E-state index in [1.807, 2.05) is 0 Å². The maximum atomic E-state index is 5.88. The molecule has 0 aliphatic heterocycles. The number of hydrogen-bond acceptors (Lipinski definition) is 1. The lowest BCUT2D eigenvalue weighted by Gasteiger charge is -2.29. The molecule has 0 heterocycles. The van der Waals surface area contributed by atoms with Gasteiger partial charge >= 0.3 is 0 Å². The first-order chi connectivity index (χ1) is 12.0. The van der Waals surface area contributed by atoms with E-state index in [-0.39, 0.29) is 0 Å². The second-order valence-corrected chi connectivity index (χ2v) is 8.23. The van der Waals surface area contributed by atoms with Gasteiger partial charge in [0.15, 0.2) is 0 Å². The number of nitrogens with zero attached hydrogens (tertiary/aromatic N) is 1. The normalized spacial score (nSPS) is 11.7. The van der Waals surface area contributed by atoms with Gasteiger partial charge in [0.1, 0.15) is 18.9 Å². The van der Waals surface area contributed by atoms with Crippen molar-refractivity contribution in [2.75, 3.05) is 33.8 Å². The first-order valence-corrected chi connectivity index (χ1v) is 10.5. The largest absolute Gasteiger partial charge is 0.488 e. The van der Waals surface area contributed by atoms with E-state index in [9.17, 15) is 0 Å². The Balaban J connectivity index is 1.98. The quantitative estimate of drug-likeness (QED) is 0.264. The number of quaternary nitrogens is 1. The lowest BCUT2D eigenvalue weighted by atomic mass is 10.1. The zero-order chi connectivity index (χ0) is 18.4. The Morgan fingerprint density at radius 2 is 1.24 bits per heavy atom. The summed E-state index contributed by atoms with van der Waals surface area (Å²) in [5, 5.41) is 0. The molecule has 0 saturated heterocycles. The van der Waals surface area contributed by atoms with E-state index in [0.717, 1.165) is 23.4 Å². The summed E-state index contributed by atoms with van der Waals surface area (Å²) in [5.74, 6) is 0.990. The lowest BCUT2D eigenvalue weighted by Crippen LogP contribution is -2.43. The Labute approximate surface area is 157 Å². The predicted molar refractivity (Wildman–Crippen MR) is 110 cm³/mol. The Hall–Kier alpha value is -1.02. The second-order valence-electron chi connectivity index (χ2n) is 8.23. The van der Waals surface area contributed by atoms with Gasteiger partial charge in [0.2, 0.25) is 0 Å². The number of ether oxygens (including phenoxy) is 1. The molecule has 0 aliphatic carbocycles. The van der Waals surface area contributed by atoms with Gasteiger partial charge < -0.3 is 9.22 Å². The summed E-state index contributed by atoms with van der Waals surface area (Å²) in [6.07, 6.45) is 14.1. The van der Waals surface area contributed by atoms with Crippen LogP contribution in [0.25, 0.3) is 0 Å². The van der Waals surface area contributed by atoms with E-state index in [1.165, 1.54) is 76.3 Å². The topological polar surface area (TPSA) is 9.23 Å². The maximum absolute atomic E-state index is 5.88. The van der Waals surface area contributed by atoms with E-state index in [2.05, 4.69) is 52.2 Å². The van der Waals surface area contributed by atoms with Crippen molar-refractivity contribution in [2.24, 2.45) is 0 Å². The van der Waals surface area contributed by atoms with Crippen LogP contribution in [0.3, 0.4) is 0 Å². The van der Waals surface area contributed by atoms with Crippen molar-refractivity contribution >= 4 is 0 Å². The van der Waals surface area contributed by atoms with Gasteiger partial charge in [-0.2, -0.15) is 0 Å². The molecule has 25 heavy (non-hydrogen) atoms. The average Bonchev–Trinajstić information content (AvgIpc) is 2.58. The number of likely N-dealkylation sites (N-methyl/N-ethyl adjacent to an activating group) is 1. The summed E-state index contributed by atoms with van der Waals surface area (Å²) >= 11 is 0. The van der Waals surface area contributed by atoms with Crippen LogP contribution in [0, 0.1) is 6.92 Å². The minimum Gasteiger partial charge on any atom is -0.488 e. The summed E-state index contributed by atoms with van der Waals surface area (Å²) in [6.45, 7) is 7.53. The molecule has 1 aromatic carbocycles. The van der Waals surface area contributed by atoms with Crippen LogP contribution in [-0.2, 0) is 0 Å². The molecular formula is C23H42NO+. The molecule has 0 bridgehead atoms. The SMILES string of the molecule is CCCCCCCCCCCC[N+](C)(C)CCOc1ccc(C)cc1. The van der Waals surface area contributed by atoms with Crippen molar-refractivity contribution < 1.29 is 9.22 Å². The number of aryl methyl sites for hydroxylation is 1. The van der Waals surface area contributed by atoms with Crippen molar-refractivity contribution in [3.05, 3.63) is 29.8 Å². The molecule has 144 valence electrons. The first kappa shape index (κ1) is 22.0. The van der Waals surface area contributed by atoms with Crippen LogP contribution in [0.15, 0.2) is 24.3 Å². The summed E-state index contributed by atoms with van der Waals surface area (Å²) in [4.78, 5) is 0. The van der Waals surface area contributed by atoms with E-state index in [1.54, 1.807) is 0 Å². The highest BCUT2D eigenvalue weighted by molar-refractivity contribution is 5.26. The van der Waals surface area contributed by atoms with Gasteiger partial charge in [-0.15, -0.1) is 0 Å². The second kappa shape index (κ2) is 13.2. The molecule has 0 atom stereocenters. The molecule has 0 aromatic heterocycles. The Morgan fingerprint density at radius 3 is 1.80 bits per heavy atom. The summed E-state index contributed by atoms with van der Waals surface area (Å²) in [6, 6.07) is 8.35. The van der Waals surface area contributed by atoms with Gasteiger partial charge in [-0.3, -0.25) is 0 Å². The summed E-state index contributed by atoms with van der Waals surface area (Å²) in [7, 11) is 4.65. The molecule has 2 heteroatoms. The predicted octanol–water partition coefficient (Wildman–Crippen LogP) is 6.37. The average molecular weight is 349 g/mol. The Kier molecular flexibility index (Phi) is 11.6. The molecular weight excluding hydrogens is 306 g/mol. The standard InChI is InChI=1S/C23H42NO/c1-5-6-7-8-9-10-11-12-13-14-19-24(3,4)20-21-25-23-17-15-22(2)16-18-23/h15-18H,5-14,19-21H2,1-4H3/q+1. The summed E-state index contributed by atoms with van der Waals surface area (Å²) in [5.41, 5.74) is 1.28. The van der Waals surface area contributed by atoms with E-state index in [4.69, 9.17) is 4.74 Å². The third-order valence-electron chi connectivity index (χ3n) is 5.10. The fraction of sp³-hybridized carbons (Fsp3) is 0.739. The third-order valence-corrected chi connectivity index (χ3v) is 5.10. The van der Waals surface area contributed by atoms with Crippen LogP contribution >= 0.6 is 0 Å². The molecule has 2 nitrogen and oxygen atoms in total. The number of unbranched alkanes of at least 4 members (excludes halogenated alkanes) is 9. The molecule has 1 rings (SSSR count). The summed E-state index contributed by atoms with van der Waals surface area (Å²) < 4.78 is 6.94. The molecule has 1 aromatic rings. The van der Waals surface area contributed by atoms with Gasteiger partial charge in [-0.1, -0.05) is 76.0 Å². The van der Waals surface area contributed by atoms with Crippen LogP contribution in [-0.4, -0.2) is 38.3 Å². The third kappa shape index (κ3) is 12.0. The van der Waals surface area contributed by atoms with Crippen molar-refractivity contribution in [2.45, 2.75) is 78.1 Å². The minimum absolute atomic E-state index is 0.799. The first-order valence-electron chi connectivity index (χ1n) is 10.5. The van der Waals surface area contributed by atoms with Crippen LogP contribution in [0.1, 0.15) is 76.7 Å². The maximum Gasteiger partial charge on any atom is 0.137 e. The van der Waals surface area contributed by atoms with E-state index in [0.29, 0.717) is 0 Å². The van der Waals surface area contributed by atoms with Gasteiger partial charge in [0, 0.05) is 0 Å². The lowest BCUT2D eigenvalue weighted by molar-refractivity contribution is -0.890. The number of benzene rings is 1. The smallest absolute Gasteiger partial charge is 0.137 e. The van der Waals surface area contributed by atoms with Crippen LogP contribution in [0.4, 0.5) is 0 Å². The highest BCUT2D eigenvalue weighted by Crippen LogP contribution is 2.13.